The van der Waals surface area contributed by atoms with Crippen molar-refractivity contribution in [2.75, 3.05) is 60.1 Å². The standard InChI is InChI=1S/C64H76N8O12Si/c1-40(2)34-65-61-68-56-52(58(74)69-61)66-39-72(56)59-53(78-9)49(50(82-59)37-80-64(42-20-14-11-15-21-42,43-26-30-45(76-7)31-27-43)44-28-32-46(77-8)33-29-44)35-67-81-38-51-54(55(79-10)60(83-51)71-36-41(3)57(73)70-62(71)75)84-85(63(4,5)6,47-22-16-12-17-23-47)48-24-18-13-19-25-48/h11-33,36,39-40,49-51,53-55,59-60,67H,34-35,37-38H2,1-10H3,(H,70,73,75)(H2,65,68,69,74)/t49-,50-,51-,53-,54-,55-,59-,60-/m1/s1. The maximum atomic E-state index is 13.7. The number of anilines is 1. The molecule has 85 heavy (non-hydrogen) atoms. The summed E-state index contributed by atoms with van der Waals surface area (Å²) in [4.78, 5) is 61.4. The Kier molecular flexibility index (Phi) is 18.5. The second-order valence-electron chi connectivity index (χ2n) is 22.9. The average Bonchev–Trinajstić information content (AvgIpc) is 1.94. The van der Waals surface area contributed by atoms with E-state index in [1.807, 2.05) is 115 Å². The average molecular weight is 1180 g/mol. The van der Waals surface area contributed by atoms with Crippen LogP contribution in [0.25, 0.3) is 11.2 Å². The van der Waals surface area contributed by atoms with Crippen LogP contribution >= 0.6 is 0 Å². The number of aromatic amines is 2. The Labute approximate surface area is 494 Å². The van der Waals surface area contributed by atoms with Crippen LogP contribution in [0.5, 0.6) is 11.5 Å². The second kappa shape index (κ2) is 26.0. The first-order chi connectivity index (χ1) is 41.0. The van der Waals surface area contributed by atoms with Crippen LogP contribution in [0.4, 0.5) is 5.95 Å². The molecular formula is C64H76N8O12Si. The molecular weight excluding hydrogens is 1100 g/mol. The monoisotopic (exact) mass is 1180 g/mol. The lowest BCUT2D eigenvalue weighted by Gasteiger charge is -2.45. The van der Waals surface area contributed by atoms with Gasteiger partial charge in [0.25, 0.3) is 19.4 Å². The molecule has 0 bridgehead atoms. The number of aryl methyl sites for hydroxylation is 1. The van der Waals surface area contributed by atoms with Crippen molar-refractivity contribution in [2.45, 2.75) is 95.2 Å². The van der Waals surface area contributed by atoms with Gasteiger partial charge in [0, 0.05) is 45.0 Å². The van der Waals surface area contributed by atoms with Crippen LogP contribution in [0.2, 0.25) is 5.04 Å². The van der Waals surface area contributed by atoms with Crippen LogP contribution in [0.3, 0.4) is 0 Å². The number of ether oxygens (including phenoxy) is 7. The number of hydroxylamine groups is 1. The maximum Gasteiger partial charge on any atom is 0.330 e. The Morgan fingerprint density at radius 2 is 1.21 bits per heavy atom. The molecule has 4 N–H and O–H groups in total. The molecule has 0 saturated carbocycles. The van der Waals surface area contributed by atoms with E-state index in [1.54, 1.807) is 46.3 Å². The molecule has 21 heteroatoms. The van der Waals surface area contributed by atoms with E-state index in [4.69, 9.17) is 47.4 Å². The highest BCUT2D eigenvalue weighted by atomic mass is 28.4. The molecule has 448 valence electrons. The number of rotatable bonds is 24. The van der Waals surface area contributed by atoms with Gasteiger partial charge in [-0.05, 0) is 69.2 Å². The fourth-order valence-electron chi connectivity index (χ4n) is 11.9. The lowest BCUT2D eigenvalue weighted by molar-refractivity contribution is -0.0984. The molecule has 8 atom stereocenters. The smallest absolute Gasteiger partial charge is 0.330 e. The molecule has 3 aromatic heterocycles. The lowest BCUT2D eigenvalue weighted by Crippen LogP contribution is -2.69. The van der Waals surface area contributed by atoms with E-state index >= 15 is 0 Å². The summed E-state index contributed by atoms with van der Waals surface area (Å²) in [7, 11) is 3.10. The zero-order valence-electron chi connectivity index (χ0n) is 49.6. The number of aromatic nitrogens is 6. The van der Waals surface area contributed by atoms with Crippen LogP contribution in [-0.2, 0) is 38.5 Å². The van der Waals surface area contributed by atoms with Gasteiger partial charge in [0.15, 0.2) is 23.6 Å². The summed E-state index contributed by atoms with van der Waals surface area (Å²) in [5.74, 6) is 1.39. The minimum atomic E-state index is -3.33. The third-order valence-electron chi connectivity index (χ3n) is 16.2. The normalized spacial score (nSPS) is 21.0. The predicted octanol–water partition coefficient (Wildman–Crippen LogP) is 6.98. The van der Waals surface area contributed by atoms with Gasteiger partial charge in [-0.1, -0.05) is 150 Å². The Balaban J connectivity index is 1.02. The number of nitrogens with one attached hydrogen (secondary N) is 4. The quantitative estimate of drug-likeness (QED) is 0.0207. The van der Waals surface area contributed by atoms with Crippen molar-refractivity contribution in [2.24, 2.45) is 11.8 Å². The second-order valence-corrected chi connectivity index (χ2v) is 27.2. The summed E-state index contributed by atoms with van der Waals surface area (Å²) in [5.41, 5.74) is 3.73. The van der Waals surface area contributed by atoms with Gasteiger partial charge in [0.1, 0.15) is 41.5 Å². The van der Waals surface area contributed by atoms with Crippen LogP contribution in [-0.4, -0.2) is 123 Å². The molecule has 20 nitrogen and oxygen atoms in total. The number of hydrogen-bond acceptors (Lipinski definition) is 16. The first-order valence-corrected chi connectivity index (χ1v) is 30.5. The Morgan fingerprint density at radius 1 is 0.659 bits per heavy atom. The van der Waals surface area contributed by atoms with Crippen LogP contribution in [0, 0.1) is 18.8 Å². The maximum absolute atomic E-state index is 13.7. The Morgan fingerprint density at radius 3 is 1.76 bits per heavy atom. The predicted molar refractivity (Wildman–Crippen MR) is 325 cm³/mol. The van der Waals surface area contributed by atoms with Gasteiger partial charge < -0.3 is 42.9 Å². The number of methoxy groups -OCH3 is 4. The largest absolute Gasteiger partial charge is 0.497 e. The molecule has 0 spiro atoms. The number of imidazole rings is 1. The van der Waals surface area contributed by atoms with Crippen molar-refractivity contribution in [3.8, 4) is 11.5 Å². The van der Waals surface area contributed by atoms with E-state index in [0.717, 1.165) is 27.1 Å². The van der Waals surface area contributed by atoms with E-state index in [1.165, 1.54) is 10.8 Å². The molecule has 2 aliphatic rings. The molecule has 0 aliphatic carbocycles. The van der Waals surface area contributed by atoms with Crippen molar-refractivity contribution in [1.29, 1.82) is 0 Å². The van der Waals surface area contributed by atoms with Gasteiger partial charge in [-0.3, -0.25) is 33.5 Å². The van der Waals surface area contributed by atoms with Gasteiger partial charge in [0.2, 0.25) is 5.95 Å². The third-order valence-corrected chi connectivity index (χ3v) is 21.2. The minimum absolute atomic E-state index is 0.00215. The van der Waals surface area contributed by atoms with Crippen molar-refractivity contribution in [3.05, 3.63) is 205 Å². The highest BCUT2D eigenvalue weighted by molar-refractivity contribution is 6.99. The van der Waals surface area contributed by atoms with Crippen molar-refractivity contribution in [1.82, 2.24) is 34.6 Å². The molecule has 10 rings (SSSR count). The molecule has 5 heterocycles. The van der Waals surface area contributed by atoms with Gasteiger partial charge in [-0.15, -0.1) is 0 Å². The molecule has 8 aromatic rings. The summed E-state index contributed by atoms with van der Waals surface area (Å²) < 4.78 is 56.5. The molecule has 0 radical (unpaired) electrons. The highest BCUT2D eigenvalue weighted by Gasteiger charge is 2.57. The summed E-state index contributed by atoms with van der Waals surface area (Å²) in [6, 6.07) is 46.0. The molecule has 0 amide bonds. The molecule has 5 aromatic carbocycles. The van der Waals surface area contributed by atoms with Crippen molar-refractivity contribution < 1.29 is 42.4 Å². The number of hydrogen-bond donors (Lipinski definition) is 4. The number of H-pyrrole nitrogens is 2. The summed E-state index contributed by atoms with van der Waals surface area (Å²) in [6.45, 7) is 12.9. The number of benzene rings is 5. The molecule has 2 aliphatic heterocycles. The Hall–Kier alpha value is -7.57. The topological polar surface area (TPSA) is 226 Å². The highest BCUT2D eigenvalue weighted by Crippen LogP contribution is 2.46. The van der Waals surface area contributed by atoms with Crippen LogP contribution < -0.4 is 47.5 Å². The first-order valence-electron chi connectivity index (χ1n) is 28.6. The van der Waals surface area contributed by atoms with E-state index in [-0.39, 0.29) is 31.2 Å². The molecule has 0 unspecified atom stereocenters. The summed E-state index contributed by atoms with van der Waals surface area (Å²) in [5, 5.41) is 4.85. The van der Waals surface area contributed by atoms with Gasteiger partial charge in [-0.2, -0.15) is 4.98 Å². The van der Waals surface area contributed by atoms with Crippen molar-refractivity contribution >= 4 is 35.8 Å². The fourth-order valence-corrected chi connectivity index (χ4v) is 16.6. The van der Waals surface area contributed by atoms with E-state index in [9.17, 15) is 14.4 Å². The van der Waals surface area contributed by atoms with E-state index in [0.29, 0.717) is 35.2 Å². The van der Waals surface area contributed by atoms with Crippen LogP contribution in [0.15, 0.2) is 166 Å². The SMILES string of the molecule is COc1ccc(C(OC[C@H]2O[C@@H](n3cnc4c(=O)[nH]c(NCC(C)C)nc43)[C@H](OC)[C@@H]2CNOC[C@H]2O[C@@H](n3cc(C)c(=O)[nH]c3=O)[C@H](OC)[C@@H]2O[Si](c2ccccc2)(c2ccccc2)C(C)(C)C)(c2ccccc2)c2ccc(OC)cc2)cc1. The molecule has 2 saturated heterocycles. The third kappa shape index (κ3) is 12.1. The molecule has 2 fully saturated rings. The zero-order valence-corrected chi connectivity index (χ0v) is 50.6. The summed E-state index contributed by atoms with van der Waals surface area (Å²) >= 11 is 0. The van der Waals surface area contributed by atoms with E-state index in [2.05, 4.69) is 84.6 Å². The fraction of sp³-hybridized carbons (Fsp3) is 0.391. The van der Waals surface area contributed by atoms with Gasteiger partial charge >= 0.3 is 5.69 Å². The minimum Gasteiger partial charge on any atom is -0.497 e. The Bertz CT molecular complexity index is 3580. The van der Waals surface area contributed by atoms with Gasteiger partial charge in [0.05, 0.1) is 39.9 Å². The summed E-state index contributed by atoms with van der Waals surface area (Å²) in [6.07, 6.45) is -2.88. The van der Waals surface area contributed by atoms with Gasteiger partial charge in [-0.25, -0.2) is 15.3 Å². The van der Waals surface area contributed by atoms with Crippen LogP contribution in [0.1, 0.15) is 69.3 Å². The number of nitrogens with zero attached hydrogens (tertiary/aromatic N) is 4. The number of fused-ring (bicyclic) bond motifs is 1. The van der Waals surface area contributed by atoms with E-state index < -0.39 is 84.7 Å². The van der Waals surface area contributed by atoms with Crippen molar-refractivity contribution in [3.63, 3.8) is 0 Å². The first kappa shape index (κ1) is 60.5. The zero-order chi connectivity index (χ0) is 60.0. The lowest BCUT2D eigenvalue weighted by atomic mass is 9.80.